The van der Waals surface area contributed by atoms with E-state index in [0.29, 0.717) is 30.0 Å². The molecule has 150 valence electrons. The summed E-state index contributed by atoms with van der Waals surface area (Å²) in [5, 5.41) is 6.77. The summed E-state index contributed by atoms with van der Waals surface area (Å²) in [5.74, 6) is 0.199. The van der Waals surface area contributed by atoms with Crippen molar-refractivity contribution in [3.05, 3.63) is 59.7 Å². The van der Waals surface area contributed by atoms with Crippen molar-refractivity contribution in [2.75, 3.05) is 18.4 Å². The lowest BCUT2D eigenvalue weighted by Crippen LogP contribution is -2.48. The molecule has 1 atom stereocenters. The molecule has 1 aliphatic heterocycles. The van der Waals surface area contributed by atoms with Gasteiger partial charge in [-0.3, -0.25) is 4.98 Å². The van der Waals surface area contributed by atoms with E-state index >= 15 is 4.39 Å². The minimum absolute atomic E-state index is 0.103. The molecule has 0 aliphatic carbocycles. The van der Waals surface area contributed by atoms with Crippen LogP contribution in [0.2, 0.25) is 0 Å². The summed E-state index contributed by atoms with van der Waals surface area (Å²) in [6.45, 7) is 4.25. The average molecular weight is 395 g/mol. The highest BCUT2D eigenvalue weighted by atomic mass is 19.1. The minimum atomic E-state index is -1.88. The zero-order valence-corrected chi connectivity index (χ0v) is 16.4. The third kappa shape index (κ3) is 3.96. The fourth-order valence-electron chi connectivity index (χ4n) is 3.53. The zero-order chi connectivity index (χ0) is 20.4. The van der Waals surface area contributed by atoms with E-state index in [2.05, 4.69) is 20.4 Å². The molecule has 1 fully saturated rings. The predicted molar refractivity (Wildman–Crippen MR) is 106 cm³/mol. The quantitative estimate of drug-likeness (QED) is 0.717. The van der Waals surface area contributed by atoms with Gasteiger partial charge in [-0.05, 0) is 50.5 Å². The normalized spacial score (nSPS) is 19.2. The highest BCUT2D eigenvalue weighted by Gasteiger charge is 2.44. The number of benzene rings is 1. The largest absolute Gasteiger partial charge is 0.335 e. The standard InChI is InChI=1S/C21H22FN5O2/c1-14-4-5-17(15(2)12-14)24-20(28)27-11-3-8-21(22,13-27)19-25-18(26-29-19)16-6-9-23-10-7-16/h4-7,9-10,12H,3,8,11,13H2,1-2H3,(H,24,28). The number of aromatic nitrogens is 3. The van der Waals surface area contributed by atoms with Gasteiger partial charge in [0.1, 0.15) is 0 Å². The number of piperidine rings is 1. The van der Waals surface area contributed by atoms with Crippen LogP contribution < -0.4 is 5.32 Å². The summed E-state index contributed by atoms with van der Waals surface area (Å²) in [7, 11) is 0. The van der Waals surface area contributed by atoms with Crippen LogP contribution in [0.4, 0.5) is 14.9 Å². The van der Waals surface area contributed by atoms with Crippen LogP contribution in [-0.4, -0.2) is 39.1 Å². The van der Waals surface area contributed by atoms with Gasteiger partial charge < -0.3 is 14.7 Å². The number of hydrogen-bond acceptors (Lipinski definition) is 5. The van der Waals surface area contributed by atoms with Gasteiger partial charge in [-0.1, -0.05) is 22.9 Å². The maximum Gasteiger partial charge on any atom is 0.321 e. The molecule has 1 aliphatic rings. The molecule has 1 unspecified atom stereocenters. The molecule has 8 heteroatoms. The molecule has 1 N–H and O–H groups in total. The summed E-state index contributed by atoms with van der Waals surface area (Å²) in [4.78, 5) is 22.4. The number of rotatable bonds is 3. The summed E-state index contributed by atoms with van der Waals surface area (Å²) in [6.07, 6.45) is 3.94. The summed E-state index contributed by atoms with van der Waals surface area (Å²) in [5.41, 5.74) is 1.60. The molecule has 2 amide bonds. The Hall–Kier alpha value is -3.29. The van der Waals surface area contributed by atoms with Crippen molar-refractivity contribution in [3.63, 3.8) is 0 Å². The molecule has 7 nitrogen and oxygen atoms in total. The van der Waals surface area contributed by atoms with Gasteiger partial charge >= 0.3 is 6.03 Å². The van der Waals surface area contributed by atoms with E-state index in [9.17, 15) is 4.79 Å². The lowest BCUT2D eigenvalue weighted by molar-refractivity contribution is 0.0333. The van der Waals surface area contributed by atoms with Crippen molar-refractivity contribution in [3.8, 4) is 11.4 Å². The van der Waals surface area contributed by atoms with Crippen LogP contribution in [0.5, 0.6) is 0 Å². The van der Waals surface area contributed by atoms with Crippen LogP contribution in [0, 0.1) is 13.8 Å². The molecule has 0 bridgehead atoms. The SMILES string of the molecule is Cc1ccc(NC(=O)N2CCCC(F)(c3nc(-c4ccncc4)no3)C2)c(C)c1. The van der Waals surface area contributed by atoms with Crippen LogP contribution in [0.25, 0.3) is 11.4 Å². The Kier molecular flexibility index (Phi) is 5.00. The van der Waals surface area contributed by atoms with Crippen molar-refractivity contribution in [1.82, 2.24) is 20.0 Å². The summed E-state index contributed by atoms with van der Waals surface area (Å²) >= 11 is 0. The fraction of sp³-hybridized carbons (Fsp3) is 0.333. The monoisotopic (exact) mass is 395 g/mol. The van der Waals surface area contributed by atoms with E-state index in [1.54, 1.807) is 24.5 Å². The number of carbonyl (C=O) groups is 1. The minimum Gasteiger partial charge on any atom is -0.335 e. The zero-order valence-electron chi connectivity index (χ0n) is 16.4. The van der Waals surface area contributed by atoms with Crippen molar-refractivity contribution in [2.45, 2.75) is 32.4 Å². The van der Waals surface area contributed by atoms with Crippen LogP contribution in [-0.2, 0) is 5.67 Å². The third-order valence-electron chi connectivity index (χ3n) is 5.10. The number of alkyl halides is 1. The highest BCUT2D eigenvalue weighted by Crippen LogP contribution is 2.35. The Morgan fingerprint density at radius 1 is 1.24 bits per heavy atom. The maximum absolute atomic E-state index is 15.7. The van der Waals surface area contributed by atoms with Crippen LogP contribution in [0.3, 0.4) is 0 Å². The lowest BCUT2D eigenvalue weighted by atomic mass is 9.94. The molecule has 3 aromatic rings. The molecule has 1 aromatic carbocycles. The van der Waals surface area contributed by atoms with E-state index in [0.717, 1.165) is 11.1 Å². The molecule has 0 radical (unpaired) electrons. The van der Waals surface area contributed by atoms with Gasteiger partial charge in [0.25, 0.3) is 5.89 Å². The summed E-state index contributed by atoms with van der Waals surface area (Å²) < 4.78 is 20.9. The number of nitrogens with zero attached hydrogens (tertiary/aromatic N) is 4. The number of nitrogens with one attached hydrogen (secondary N) is 1. The number of likely N-dealkylation sites (tertiary alicyclic amines) is 1. The number of amides is 2. The number of carbonyl (C=O) groups excluding carboxylic acids is 1. The van der Waals surface area contributed by atoms with Gasteiger partial charge in [-0.15, -0.1) is 0 Å². The second kappa shape index (κ2) is 7.62. The number of hydrogen-bond donors (Lipinski definition) is 1. The van der Waals surface area contributed by atoms with Gasteiger partial charge in [-0.2, -0.15) is 4.98 Å². The molecule has 0 saturated carbocycles. The number of pyridine rings is 1. The molecular formula is C21H22FN5O2. The number of halogens is 1. The first-order chi connectivity index (χ1) is 13.9. The molecule has 4 rings (SSSR count). The first-order valence-electron chi connectivity index (χ1n) is 9.51. The van der Waals surface area contributed by atoms with E-state index < -0.39 is 5.67 Å². The number of aryl methyl sites for hydroxylation is 2. The van der Waals surface area contributed by atoms with Gasteiger partial charge in [0.15, 0.2) is 0 Å². The molecule has 3 heterocycles. The highest BCUT2D eigenvalue weighted by molar-refractivity contribution is 5.90. The Morgan fingerprint density at radius 3 is 2.79 bits per heavy atom. The lowest BCUT2D eigenvalue weighted by Gasteiger charge is -2.35. The smallest absolute Gasteiger partial charge is 0.321 e. The molecular weight excluding hydrogens is 373 g/mol. The molecule has 29 heavy (non-hydrogen) atoms. The first-order valence-corrected chi connectivity index (χ1v) is 9.51. The van der Waals surface area contributed by atoms with Crippen molar-refractivity contribution >= 4 is 11.7 Å². The number of anilines is 1. The second-order valence-corrected chi connectivity index (χ2v) is 7.40. The maximum atomic E-state index is 15.7. The van der Waals surface area contributed by atoms with Crippen LogP contribution in [0.15, 0.2) is 47.2 Å². The second-order valence-electron chi connectivity index (χ2n) is 7.40. The average Bonchev–Trinajstić information content (AvgIpc) is 3.22. The molecule has 2 aromatic heterocycles. The summed E-state index contributed by atoms with van der Waals surface area (Å²) in [6, 6.07) is 8.89. The van der Waals surface area contributed by atoms with Crippen molar-refractivity contribution in [1.29, 1.82) is 0 Å². The van der Waals surface area contributed by atoms with Gasteiger partial charge in [0, 0.05) is 30.2 Å². The van der Waals surface area contributed by atoms with Crippen LogP contribution >= 0.6 is 0 Å². The Balaban J connectivity index is 1.50. The topological polar surface area (TPSA) is 84.2 Å². The van der Waals surface area contributed by atoms with E-state index in [4.69, 9.17) is 4.52 Å². The van der Waals surface area contributed by atoms with Crippen molar-refractivity contribution in [2.24, 2.45) is 0 Å². The van der Waals surface area contributed by atoms with E-state index in [-0.39, 0.29) is 24.9 Å². The van der Waals surface area contributed by atoms with Gasteiger partial charge in [0.2, 0.25) is 11.5 Å². The first kappa shape index (κ1) is 19.0. The van der Waals surface area contributed by atoms with E-state index in [1.807, 2.05) is 32.0 Å². The predicted octanol–water partition coefficient (Wildman–Crippen LogP) is 4.24. The van der Waals surface area contributed by atoms with Crippen molar-refractivity contribution < 1.29 is 13.7 Å². The Labute approximate surface area is 168 Å². The fourth-order valence-corrected chi connectivity index (χ4v) is 3.53. The third-order valence-corrected chi connectivity index (χ3v) is 5.10. The van der Waals surface area contributed by atoms with Gasteiger partial charge in [-0.25, -0.2) is 9.18 Å². The van der Waals surface area contributed by atoms with E-state index in [1.165, 1.54) is 4.90 Å². The van der Waals surface area contributed by atoms with Crippen LogP contribution in [0.1, 0.15) is 29.9 Å². The Morgan fingerprint density at radius 2 is 2.03 bits per heavy atom. The molecule has 1 saturated heterocycles. The molecule has 0 spiro atoms. The number of urea groups is 1. The van der Waals surface area contributed by atoms with Gasteiger partial charge in [0.05, 0.1) is 6.54 Å². The Bertz CT molecular complexity index is 1020.